The van der Waals surface area contributed by atoms with E-state index in [1.807, 2.05) is 12.3 Å². The summed E-state index contributed by atoms with van der Waals surface area (Å²) in [5.41, 5.74) is 0. The first-order valence-corrected chi connectivity index (χ1v) is 4.01. The largest absolute Gasteiger partial charge is 0.399 e. The van der Waals surface area contributed by atoms with Crippen LogP contribution in [0.2, 0.25) is 0 Å². The molecule has 0 aliphatic rings. The Morgan fingerprint density at radius 2 is 2.40 bits per heavy atom. The Kier molecular flexibility index (Phi) is 5.97. The van der Waals surface area contributed by atoms with Crippen molar-refractivity contribution in [2.45, 2.75) is 0 Å². The van der Waals surface area contributed by atoms with Gasteiger partial charge in [0.25, 0.3) is 0 Å². The predicted octanol–water partition coefficient (Wildman–Crippen LogP) is 2.05. The second-order valence-corrected chi connectivity index (χ2v) is 2.31. The molecule has 3 heteroatoms. The molecule has 10 heavy (non-hydrogen) atoms. The van der Waals surface area contributed by atoms with Crippen molar-refractivity contribution in [2.75, 3.05) is 13.4 Å². The molecule has 0 radical (unpaired) electrons. The average molecular weight is 157 g/mol. The highest BCUT2D eigenvalue weighted by Crippen LogP contribution is 2.07. The van der Waals surface area contributed by atoms with E-state index >= 15 is 0 Å². The summed E-state index contributed by atoms with van der Waals surface area (Å²) in [7, 11) is 1.52. The maximum atomic E-state index is 4.50. The van der Waals surface area contributed by atoms with Gasteiger partial charge in [-0.3, -0.25) is 0 Å². The summed E-state index contributed by atoms with van der Waals surface area (Å²) in [6, 6.07) is 0. The minimum Gasteiger partial charge on any atom is -0.399 e. The molecule has 0 aromatic carbocycles. The van der Waals surface area contributed by atoms with Crippen LogP contribution in [0.5, 0.6) is 0 Å². The molecule has 0 aliphatic heterocycles. The maximum Gasteiger partial charge on any atom is 0.106 e. The van der Waals surface area contributed by atoms with Crippen molar-refractivity contribution in [1.29, 1.82) is 0 Å². The van der Waals surface area contributed by atoms with E-state index in [0.717, 1.165) is 4.91 Å². The summed E-state index contributed by atoms with van der Waals surface area (Å²) >= 11 is 1.59. The van der Waals surface area contributed by atoms with Crippen LogP contribution in [0.3, 0.4) is 0 Å². The van der Waals surface area contributed by atoms with Crippen LogP contribution in [0.15, 0.2) is 28.8 Å². The normalized spacial score (nSPS) is 12.0. The Bertz CT molecular complexity index is 152. The van der Waals surface area contributed by atoms with Gasteiger partial charge in [0.2, 0.25) is 0 Å². The van der Waals surface area contributed by atoms with Crippen molar-refractivity contribution in [3.05, 3.63) is 23.6 Å². The first-order valence-electron chi connectivity index (χ1n) is 2.78. The zero-order chi connectivity index (χ0) is 7.82. The SMILES string of the molecule is C=C/C=C(/C=N/OC)SC. The smallest absolute Gasteiger partial charge is 0.106 e. The molecule has 0 spiro atoms. The standard InChI is InChI=1S/C7H11NOS/c1-4-5-7(10-3)6-8-9-2/h4-6H,1H2,2-3H3/b7-5-,8-6+. The van der Waals surface area contributed by atoms with Gasteiger partial charge in [-0.2, -0.15) is 0 Å². The van der Waals surface area contributed by atoms with Crippen molar-refractivity contribution < 1.29 is 4.84 Å². The molecule has 0 aromatic rings. The molecular formula is C7H11NOS. The topological polar surface area (TPSA) is 21.6 Å². The number of hydrogen-bond acceptors (Lipinski definition) is 3. The number of oxime groups is 1. The van der Waals surface area contributed by atoms with Crippen LogP contribution in [-0.4, -0.2) is 19.6 Å². The highest BCUT2D eigenvalue weighted by molar-refractivity contribution is 8.03. The molecule has 0 unspecified atom stereocenters. The molecule has 0 fully saturated rings. The maximum absolute atomic E-state index is 4.50. The highest BCUT2D eigenvalue weighted by Gasteiger charge is 1.84. The van der Waals surface area contributed by atoms with Crippen molar-refractivity contribution in [1.82, 2.24) is 0 Å². The predicted molar refractivity (Wildman–Crippen MR) is 47.3 cm³/mol. The van der Waals surface area contributed by atoms with Crippen LogP contribution in [0.25, 0.3) is 0 Å². The molecule has 0 aromatic heterocycles. The fourth-order valence-electron chi connectivity index (χ4n) is 0.385. The summed E-state index contributed by atoms with van der Waals surface area (Å²) in [6.07, 6.45) is 7.20. The van der Waals surface area contributed by atoms with Gasteiger partial charge in [0.15, 0.2) is 0 Å². The number of hydrogen-bond donors (Lipinski definition) is 0. The lowest BCUT2D eigenvalue weighted by Gasteiger charge is -1.91. The average Bonchev–Trinajstić information content (AvgIpc) is 1.98. The second-order valence-electron chi connectivity index (χ2n) is 1.43. The van der Waals surface area contributed by atoms with E-state index in [2.05, 4.69) is 16.6 Å². The Balaban J connectivity index is 3.94. The minimum absolute atomic E-state index is 1.02. The third-order valence-electron chi connectivity index (χ3n) is 0.803. The molecule has 0 heterocycles. The Morgan fingerprint density at radius 1 is 1.70 bits per heavy atom. The lowest BCUT2D eigenvalue weighted by atomic mass is 10.5. The van der Waals surface area contributed by atoms with Gasteiger partial charge in [-0.05, 0) is 12.3 Å². The van der Waals surface area contributed by atoms with Crippen molar-refractivity contribution in [3.63, 3.8) is 0 Å². The van der Waals surface area contributed by atoms with Gasteiger partial charge in [0.1, 0.15) is 7.11 Å². The van der Waals surface area contributed by atoms with Gasteiger partial charge in [-0.1, -0.05) is 17.8 Å². The highest BCUT2D eigenvalue weighted by atomic mass is 32.2. The van der Waals surface area contributed by atoms with E-state index in [4.69, 9.17) is 0 Å². The second kappa shape index (κ2) is 6.42. The van der Waals surface area contributed by atoms with Gasteiger partial charge < -0.3 is 4.84 Å². The van der Waals surface area contributed by atoms with Crippen molar-refractivity contribution in [2.24, 2.45) is 5.16 Å². The van der Waals surface area contributed by atoms with Gasteiger partial charge in [0.05, 0.1) is 6.21 Å². The molecule has 0 amide bonds. The van der Waals surface area contributed by atoms with E-state index in [1.54, 1.807) is 24.1 Å². The van der Waals surface area contributed by atoms with Gasteiger partial charge >= 0.3 is 0 Å². The molecule has 0 N–H and O–H groups in total. The third kappa shape index (κ3) is 4.21. The summed E-state index contributed by atoms with van der Waals surface area (Å²) in [6.45, 7) is 3.56. The Labute approximate surface area is 65.6 Å². The van der Waals surface area contributed by atoms with Crippen LogP contribution in [-0.2, 0) is 4.84 Å². The lowest BCUT2D eigenvalue weighted by Crippen LogP contribution is -1.77. The number of rotatable bonds is 4. The zero-order valence-electron chi connectivity index (χ0n) is 6.20. The van der Waals surface area contributed by atoms with Gasteiger partial charge in [-0.15, -0.1) is 11.8 Å². The Hall–Kier alpha value is -0.700. The zero-order valence-corrected chi connectivity index (χ0v) is 7.02. The molecule has 0 saturated carbocycles. The molecule has 2 nitrogen and oxygen atoms in total. The Morgan fingerprint density at radius 3 is 2.80 bits per heavy atom. The monoisotopic (exact) mass is 157 g/mol. The van der Waals surface area contributed by atoms with Gasteiger partial charge in [0, 0.05) is 4.91 Å². The quantitative estimate of drug-likeness (QED) is 0.354. The number of thioether (sulfide) groups is 1. The van der Waals surface area contributed by atoms with Crippen LogP contribution in [0, 0.1) is 0 Å². The summed E-state index contributed by atoms with van der Waals surface area (Å²) in [4.78, 5) is 5.53. The summed E-state index contributed by atoms with van der Waals surface area (Å²) in [5.74, 6) is 0. The van der Waals surface area contributed by atoms with Gasteiger partial charge in [-0.25, -0.2) is 0 Å². The van der Waals surface area contributed by atoms with E-state index in [0.29, 0.717) is 0 Å². The molecular weight excluding hydrogens is 146 g/mol. The molecule has 0 aliphatic carbocycles. The lowest BCUT2D eigenvalue weighted by molar-refractivity contribution is 0.215. The summed E-state index contributed by atoms with van der Waals surface area (Å²) < 4.78 is 0. The molecule has 0 saturated heterocycles. The molecule has 0 rings (SSSR count). The number of allylic oxidation sites excluding steroid dienone is 3. The number of nitrogens with zero attached hydrogens (tertiary/aromatic N) is 1. The fourth-order valence-corrected chi connectivity index (χ4v) is 0.765. The van der Waals surface area contributed by atoms with Crippen LogP contribution in [0.4, 0.5) is 0 Å². The third-order valence-corrected chi connectivity index (χ3v) is 1.52. The molecule has 56 valence electrons. The summed E-state index contributed by atoms with van der Waals surface area (Å²) in [5, 5.41) is 3.60. The van der Waals surface area contributed by atoms with Crippen molar-refractivity contribution >= 4 is 18.0 Å². The van der Waals surface area contributed by atoms with Crippen LogP contribution in [0.1, 0.15) is 0 Å². The minimum atomic E-state index is 1.02. The van der Waals surface area contributed by atoms with E-state index < -0.39 is 0 Å². The first-order chi connectivity index (χ1) is 4.85. The van der Waals surface area contributed by atoms with E-state index in [-0.39, 0.29) is 0 Å². The van der Waals surface area contributed by atoms with E-state index in [9.17, 15) is 0 Å². The molecule has 0 atom stereocenters. The van der Waals surface area contributed by atoms with Crippen LogP contribution >= 0.6 is 11.8 Å². The fraction of sp³-hybridized carbons (Fsp3) is 0.286. The van der Waals surface area contributed by atoms with E-state index in [1.165, 1.54) is 7.11 Å². The first kappa shape index (κ1) is 9.30. The van der Waals surface area contributed by atoms with Crippen molar-refractivity contribution in [3.8, 4) is 0 Å². The molecule has 0 bridgehead atoms. The van der Waals surface area contributed by atoms with Crippen LogP contribution < -0.4 is 0 Å².